The molecule has 0 saturated carbocycles. The number of esters is 2. The van der Waals surface area contributed by atoms with Crippen LogP contribution in [0.25, 0.3) is 0 Å². The summed E-state index contributed by atoms with van der Waals surface area (Å²) in [6.07, 6.45) is 14.3. The van der Waals surface area contributed by atoms with E-state index in [1.807, 2.05) is 5.92 Å². The highest BCUT2D eigenvalue weighted by Crippen LogP contribution is 2.36. The quantitative estimate of drug-likeness (QED) is 0.0823. The van der Waals surface area contributed by atoms with Crippen LogP contribution in [-0.4, -0.2) is 34.6 Å². The third-order valence-corrected chi connectivity index (χ3v) is 4.71. The smallest absolute Gasteiger partial charge is 0.422 e. The first kappa shape index (κ1) is 31.8. The Morgan fingerprint density at radius 2 is 1.31 bits per heavy atom. The van der Waals surface area contributed by atoms with Gasteiger partial charge in [0.1, 0.15) is 6.61 Å². The zero-order valence-electron chi connectivity index (χ0n) is 19.9. The molecule has 0 aliphatic carbocycles. The summed E-state index contributed by atoms with van der Waals surface area (Å²) in [5, 5.41) is 0. The van der Waals surface area contributed by atoms with Crippen LogP contribution in [0, 0.1) is 59.7 Å². The molecule has 9 heteroatoms. The summed E-state index contributed by atoms with van der Waals surface area (Å²) in [5.74, 6) is 18.3. The fraction of sp³-hybridized carbons (Fsp3) is 0.538. The van der Waals surface area contributed by atoms with Gasteiger partial charge in [-0.3, -0.25) is 9.32 Å². The lowest BCUT2D eigenvalue weighted by Gasteiger charge is -2.17. The lowest BCUT2D eigenvalue weighted by molar-refractivity contribution is -0.189. The molecule has 0 spiro atoms. The fourth-order valence-electron chi connectivity index (χ4n) is 2.64. The van der Waals surface area contributed by atoms with E-state index in [-0.39, 0.29) is 6.42 Å². The summed E-state index contributed by atoms with van der Waals surface area (Å²) >= 11 is 0. The molecule has 0 aliphatic rings. The average molecular weight is 503 g/mol. The number of carbonyl (C=O) groups excluding carboxylic acids is 2. The Kier molecular flexibility index (Phi) is 19.5. The third kappa shape index (κ3) is 23.8. The Morgan fingerprint density at radius 3 is 1.86 bits per heavy atom. The van der Waals surface area contributed by atoms with Gasteiger partial charge in [-0.25, -0.2) is 9.36 Å². The Hall–Kier alpha value is -3.15. The van der Waals surface area contributed by atoms with Crippen LogP contribution in [0.3, 0.4) is 0 Å². The molecule has 35 heavy (non-hydrogen) atoms. The maximum Gasteiger partial charge on any atom is 0.469 e. The number of hydrogen-bond acceptors (Lipinski definition) is 6. The Bertz CT molecular complexity index is 989. The van der Waals surface area contributed by atoms with Gasteiger partial charge in [0.15, 0.2) is 0 Å². The molecule has 0 amide bonds. The maximum absolute atomic E-state index is 12.0. The van der Waals surface area contributed by atoms with E-state index in [1.54, 1.807) is 0 Å². The summed E-state index contributed by atoms with van der Waals surface area (Å²) < 4.78 is 25.0. The molecule has 1 atom stereocenters. The fourth-order valence-corrected chi connectivity index (χ4v) is 2.95. The number of unbranched alkanes of at least 4 members (excludes halogenated alkanes) is 9. The Balaban J connectivity index is 4.49. The van der Waals surface area contributed by atoms with Crippen LogP contribution in [0.2, 0.25) is 0 Å². The minimum atomic E-state index is -4.87. The van der Waals surface area contributed by atoms with Gasteiger partial charge in [-0.1, -0.05) is 64.7 Å². The van der Waals surface area contributed by atoms with Gasteiger partial charge in [-0.15, -0.1) is 6.42 Å². The Morgan fingerprint density at radius 1 is 0.800 bits per heavy atom. The van der Waals surface area contributed by atoms with Gasteiger partial charge < -0.3 is 19.3 Å². The summed E-state index contributed by atoms with van der Waals surface area (Å²) in [4.78, 5) is 41.5. The molecule has 188 valence electrons. The normalized spacial score (nSPS) is 10.3. The molecule has 0 saturated heterocycles. The minimum Gasteiger partial charge on any atom is -0.422 e. The van der Waals surface area contributed by atoms with E-state index in [9.17, 15) is 14.2 Å². The first-order valence-corrected chi connectivity index (χ1v) is 12.9. The topological polar surface area (TPSA) is 119 Å². The molecule has 0 radical (unpaired) electrons. The van der Waals surface area contributed by atoms with E-state index in [1.165, 1.54) is 38.5 Å². The molecular weight excluding hydrogens is 471 g/mol. The predicted molar refractivity (Wildman–Crippen MR) is 130 cm³/mol. The van der Waals surface area contributed by atoms with Crippen LogP contribution < -0.4 is 0 Å². The highest BCUT2D eigenvalue weighted by Gasteiger charge is 2.24. The van der Waals surface area contributed by atoms with E-state index in [0.717, 1.165) is 19.3 Å². The van der Waals surface area contributed by atoms with Crippen molar-refractivity contribution < 1.29 is 37.9 Å². The van der Waals surface area contributed by atoms with Crippen LogP contribution in [0.5, 0.6) is 0 Å². The molecule has 0 aromatic heterocycles. The summed E-state index contributed by atoms with van der Waals surface area (Å²) in [7, 11) is -4.87. The third-order valence-electron chi connectivity index (χ3n) is 4.23. The predicted octanol–water partition coefficient (Wildman–Crippen LogP) is 3.47. The molecule has 0 heterocycles. The van der Waals surface area contributed by atoms with Crippen molar-refractivity contribution in [2.45, 2.75) is 83.8 Å². The molecule has 0 fully saturated rings. The van der Waals surface area contributed by atoms with E-state index in [0.29, 0.717) is 6.42 Å². The first-order valence-electron chi connectivity index (χ1n) is 11.3. The molecule has 0 aromatic carbocycles. The van der Waals surface area contributed by atoms with Gasteiger partial charge in [-0.05, 0) is 53.8 Å². The van der Waals surface area contributed by atoms with Crippen molar-refractivity contribution in [1.82, 2.24) is 0 Å². The van der Waals surface area contributed by atoms with Crippen LogP contribution in [0.1, 0.15) is 77.6 Å². The zero-order chi connectivity index (χ0) is 26.2. The van der Waals surface area contributed by atoms with Gasteiger partial charge >= 0.3 is 19.8 Å². The van der Waals surface area contributed by atoms with Gasteiger partial charge in [0.2, 0.25) is 0 Å². The molecule has 2 N–H and O–H groups in total. The lowest BCUT2D eigenvalue weighted by atomic mass is 10.1. The van der Waals surface area contributed by atoms with Crippen molar-refractivity contribution in [1.29, 1.82) is 0 Å². The number of terminal acetylenes is 1. The number of phosphoric acid groups is 1. The van der Waals surface area contributed by atoms with Crippen molar-refractivity contribution in [2.24, 2.45) is 0 Å². The molecule has 0 unspecified atom stereocenters. The van der Waals surface area contributed by atoms with Gasteiger partial charge in [-0.2, -0.15) is 0 Å². The number of ether oxygens (including phenoxy) is 2. The second kappa shape index (κ2) is 21.4. The second-order valence-electron chi connectivity index (χ2n) is 7.19. The van der Waals surface area contributed by atoms with Gasteiger partial charge in [0.05, 0.1) is 0 Å². The Labute approximate surface area is 208 Å². The number of hydrogen-bond donors (Lipinski definition) is 2. The van der Waals surface area contributed by atoms with Crippen LogP contribution in [0.4, 0.5) is 0 Å². The molecule has 0 rings (SSSR count). The summed E-state index contributed by atoms with van der Waals surface area (Å²) in [5.41, 5.74) is 0. The number of rotatable bonds is 16. The average Bonchev–Trinajstić information content (AvgIpc) is 2.80. The maximum atomic E-state index is 12.0. The standard InChI is InChI=1S/C26H31O8P/c1-3-5-7-9-11-13-14-16-18-20-22-25(28)34-26(23-32-35(29,30)31)33-24(27)21-19-17-15-12-10-8-6-4-2/h2,26H,3,5,7,9,11,13-14,16,18,20,22-23H2,1H3,(H2,29,30,31)/t26-/m0/s1. The lowest BCUT2D eigenvalue weighted by Crippen LogP contribution is -2.28. The first-order chi connectivity index (χ1) is 16.8. The monoisotopic (exact) mass is 502 g/mol. The molecule has 0 aliphatic heterocycles. The van der Waals surface area contributed by atoms with Crippen molar-refractivity contribution in [2.75, 3.05) is 6.61 Å². The molecule has 0 aromatic rings. The number of phosphoric ester groups is 1. The van der Waals surface area contributed by atoms with Crippen LogP contribution >= 0.6 is 7.82 Å². The minimum absolute atomic E-state index is 0.0683. The van der Waals surface area contributed by atoms with Crippen molar-refractivity contribution in [3.63, 3.8) is 0 Å². The van der Waals surface area contributed by atoms with E-state index >= 15 is 0 Å². The number of carbonyl (C=O) groups is 2. The van der Waals surface area contributed by atoms with Crippen LogP contribution in [0.15, 0.2) is 0 Å². The largest absolute Gasteiger partial charge is 0.469 e. The van der Waals surface area contributed by atoms with Gasteiger partial charge in [0, 0.05) is 12.3 Å². The zero-order valence-corrected chi connectivity index (χ0v) is 20.8. The highest BCUT2D eigenvalue weighted by molar-refractivity contribution is 7.46. The highest BCUT2D eigenvalue weighted by atomic mass is 31.2. The van der Waals surface area contributed by atoms with Crippen molar-refractivity contribution in [3.8, 4) is 59.7 Å². The SMILES string of the molecule is C#CC#CC#CC#CC#CC(=O)O[C@H](COP(=O)(O)O)OC(=O)CCCCCCCCCCCC. The summed E-state index contributed by atoms with van der Waals surface area (Å²) in [6, 6.07) is 0. The molecule has 0 bridgehead atoms. The van der Waals surface area contributed by atoms with E-state index < -0.39 is 32.7 Å². The van der Waals surface area contributed by atoms with Crippen molar-refractivity contribution >= 4 is 19.8 Å². The molecular formula is C26H31O8P. The van der Waals surface area contributed by atoms with Crippen LogP contribution in [-0.2, 0) is 28.2 Å². The van der Waals surface area contributed by atoms with Crippen molar-refractivity contribution in [3.05, 3.63) is 0 Å². The van der Waals surface area contributed by atoms with Gasteiger partial charge in [0.25, 0.3) is 6.29 Å². The second-order valence-corrected chi connectivity index (χ2v) is 8.43. The summed E-state index contributed by atoms with van der Waals surface area (Å²) in [6.45, 7) is 1.33. The molecule has 8 nitrogen and oxygen atoms in total. The van der Waals surface area contributed by atoms with E-state index in [2.05, 4.69) is 58.8 Å². The van der Waals surface area contributed by atoms with E-state index in [4.69, 9.17) is 25.7 Å².